The number of nitrogens with zero attached hydrogens (tertiary/aromatic N) is 1. The second kappa shape index (κ2) is 11.2. The van der Waals surface area contributed by atoms with Gasteiger partial charge in [0.2, 0.25) is 0 Å². The van der Waals surface area contributed by atoms with Crippen molar-refractivity contribution < 1.29 is 4.74 Å². The van der Waals surface area contributed by atoms with E-state index in [1.807, 2.05) is 25.1 Å². The van der Waals surface area contributed by atoms with Crippen molar-refractivity contribution in [2.45, 2.75) is 13.0 Å². The summed E-state index contributed by atoms with van der Waals surface area (Å²) in [4.78, 5) is 4.40. The molecule has 0 amide bonds. The Morgan fingerprint density at radius 2 is 2.22 bits per heavy atom. The van der Waals surface area contributed by atoms with Crippen LogP contribution in [-0.2, 0) is 4.74 Å². The summed E-state index contributed by atoms with van der Waals surface area (Å²) in [6, 6.07) is 5.35. The van der Waals surface area contributed by atoms with Gasteiger partial charge in [0, 0.05) is 33.3 Å². The zero-order valence-corrected chi connectivity index (χ0v) is 17.3. The molecule has 1 aliphatic carbocycles. The van der Waals surface area contributed by atoms with Crippen LogP contribution in [0.3, 0.4) is 0 Å². The lowest BCUT2D eigenvalue weighted by atomic mass is 10.1. The van der Waals surface area contributed by atoms with Gasteiger partial charge >= 0.3 is 0 Å². The van der Waals surface area contributed by atoms with Gasteiger partial charge in [-0.25, -0.2) is 0 Å². The van der Waals surface area contributed by atoms with E-state index in [1.165, 1.54) is 0 Å². The molecule has 0 heterocycles. The molecule has 142 valence electrons. The van der Waals surface area contributed by atoms with Crippen molar-refractivity contribution in [2.75, 3.05) is 19.7 Å². The molecule has 0 spiro atoms. The van der Waals surface area contributed by atoms with Gasteiger partial charge in [-0.3, -0.25) is 4.99 Å². The van der Waals surface area contributed by atoms with Gasteiger partial charge in [0.15, 0.2) is 0 Å². The quantitative estimate of drug-likeness (QED) is 0.244. The Balaban J connectivity index is 2.05. The number of halogens is 3. The molecule has 2 atom stereocenters. The fourth-order valence-corrected chi connectivity index (χ4v) is 2.93. The van der Waals surface area contributed by atoms with Gasteiger partial charge in [-0.2, -0.15) is 0 Å². The van der Waals surface area contributed by atoms with Crippen LogP contribution in [0.15, 0.2) is 58.6 Å². The average Bonchev–Trinajstić information content (AvgIpc) is 2.82. The Bertz CT molecular complexity index is 818. The van der Waals surface area contributed by atoms with E-state index in [-0.39, 0.29) is 12.0 Å². The molecule has 2 unspecified atom stereocenters. The highest BCUT2D eigenvalue weighted by Gasteiger charge is 2.17. The van der Waals surface area contributed by atoms with Gasteiger partial charge in [0.05, 0.1) is 25.4 Å². The first-order valence-electron chi connectivity index (χ1n) is 8.43. The second-order valence-electron chi connectivity index (χ2n) is 6.10. The first-order valence-corrected chi connectivity index (χ1v) is 9.56. The van der Waals surface area contributed by atoms with Crippen LogP contribution >= 0.6 is 34.8 Å². The number of benzene rings is 1. The lowest BCUT2D eigenvalue weighted by Crippen LogP contribution is -2.17. The Kier molecular flexibility index (Phi) is 8.97. The predicted molar refractivity (Wildman–Crippen MR) is 116 cm³/mol. The number of aliphatic imine (C=N–C) groups is 1. The number of allylic oxidation sites excluding steroid dienone is 3. The fraction of sp³-hybridized carbons (Fsp3) is 0.286. The van der Waals surface area contributed by atoms with Gasteiger partial charge in [-0.1, -0.05) is 70.9 Å². The van der Waals surface area contributed by atoms with E-state index in [2.05, 4.69) is 28.7 Å². The SMILES string of the molecule is C=C(C)CNC=NCC(OCC1C#CC=C(Cl)C=C1)c1ccc(Cl)cc1Cl. The van der Waals surface area contributed by atoms with E-state index in [0.717, 1.165) is 11.1 Å². The van der Waals surface area contributed by atoms with Crippen molar-refractivity contribution in [1.29, 1.82) is 0 Å². The molecule has 1 aromatic carbocycles. The van der Waals surface area contributed by atoms with Crippen LogP contribution in [0.1, 0.15) is 18.6 Å². The fourth-order valence-electron chi connectivity index (χ4n) is 2.28. The minimum absolute atomic E-state index is 0.0587. The Morgan fingerprint density at radius 1 is 1.41 bits per heavy atom. The van der Waals surface area contributed by atoms with E-state index >= 15 is 0 Å². The molecule has 0 aromatic heterocycles. The van der Waals surface area contributed by atoms with Crippen LogP contribution in [0.4, 0.5) is 0 Å². The van der Waals surface area contributed by atoms with Crippen LogP contribution in [0.5, 0.6) is 0 Å². The number of nitrogens with one attached hydrogen (secondary N) is 1. The van der Waals surface area contributed by atoms with E-state index in [4.69, 9.17) is 39.5 Å². The van der Waals surface area contributed by atoms with Crippen molar-refractivity contribution in [2.24, 2.45) is 10.9 Å². The van der Waals surface area contributed by atoms with Crippen molar-refractivity contribution in [1.82, 2.24) is 5.32 Å². The molecule has 0 aliphatic heterocycles. The summed E-state index contributed by atoms with van der Waals surface area (Å²) in [7, 11) is 0. The normalized spacial score (nSPS) is 17.0. The first-order chi connectivity index (χ1) is 13.0. The van der Waals surface area contributed by atoms with Crippen LogP contribution in [0, 0.1) is 17.8 Å². The molecule has 2 rings (SSSR count). The summed E-state index contributed by atoms with van der Waals surface area (Å²) in [6.07, 6.45) is 6.75. The Morgan fingerprint density at radius 3 is 2.96 bits per heavy atom. The molecule has 0 fully saturated rings. The summed E-state index contributed by atoms with van der Waals surface area (Å²) >= 11 is 18.3. The van der Waals surface area contributed by atoms with Gasteiger partial charge in [-0.15, -0.1) is 0 Å². The van der Waals surface area contributed by atoms with E-state index in [1.54, 1.807) is 24.5 Å². The van der Waals surface area contributed by atoms with Crippen molar-refractivity contribution in [3.63, 3.8) is 0 Å². The van der Waals surface area contributed by atoms with Crippen LogP contribution in [0.25, 0.3) is 0 Å². The third kappa shape index (κ3) is 7.82. The number of hydrogen-bond acceptors (Lipinski definition) is 2. The molecule has 3 nitrogen and oxygen atoms in total. The van der Waals surface area contributed by atoms with Gasteiger partial charge in [0.25, 0.3) is 0 Å². The maximum Gasteiger partial charge on any atom is 0.104 e. The van der Waals surface area contributed by atoms with Crippen LogP contribution in [0.2, 0.25) is 10.0 Å². The van der Waals surface area contributed by atoms with Crippen LogP contribution < -0.4 is 5.32 Å². The second-order valence-corrected chi connectivity index (χ2v) is 7.38. The largest absolute Gasteiger partial charge is 0.373 e. The highest BCUT2D eigenvalue weighted by atomic mass is 35.5. The molecule has 0 saturated heterocycles. The maximum atomic E-state index is 6.36. The lowest BCUT2D eigenvalue weighted by Gasteiger charge is -2.19. The highest BCUT2D eigenvalue weighted by molar-refractivity contribution is 6.35. The summed E-state index contributed by atoms with van der Waals surface area (Å²) in [5.74, 6) is 5.96. The summed E-state index contributed by atoms with van der Waals surface area (Å²) in [6.45, 7) is 7.27. The third-order valence-corrected chi connectivity index (χ3v) is 4.41. The predicted octanol–water partition coefficient (Wildman–Crippen LogP) is 5.56. The molecule has 0 radical (unpaired) electrons. The van der Waals surface area contributed by atoms with Crippen molar-refractivity contribution >= 4 is 41.1 Å². The molecule has 27 heavy (non-hydrogen) atoms. The van der Waals surface area contributed by atoms with Gasteiger partial charge < -0.3 is 10.1 Å². The molecule has 6 heteroatoms. The topological polar surface area (TPSA) is 33.6 Å². The van der Waals surface area contributed by atoms with Crippen molar-refractivity contribution in [3.05, 3.63) is 69.2 Å². The van der Waals surface area contributed by atoms with Crippen LogP contribution in [-0.4, -0.2) is 26.0 Å². The molecule has 0 bridgehead atoms. The standard InChI is InChI=1S/C21H21Cl3N2O/c1-15(2)11-25-14-26-12-21(19-9-8-18(23)10-20(19)24)27-13-16-4-3-5-17(22)7-6-16/h5-10,14,16,21H,1,11-13H2,2H3,(H,25,26). The average molecular weight is 424 g/mol. The summed E-state index contributed by atoms with van der Waals surface area (Å²) in [5, 5.41) is 4.81. The minimum Gasteiger partial charge on any atom is -0.373 e. The molecule has 1 aromatic rings. The number of rotatable bonds is 9. The maximum absolute atomic E-state index is 6.36. The highest BCUT2D eigenvalue weighted by Crippen LogP contribution is 2.29. The number of hydrogen-bond donors (Lipinski definition) is 1. The monoisotopic (exact) mass is 422 g/mol. The summed E-state index contributed by atoms with van der Waals surface area (Å²) < 4.78 is 6.10. The molecule has 1 N–H and O–H groups in total. The van der Waals surface area contributed by atoms with E-state index in [9.17, 15) is 0 Å². The zero-order valence-electron chi connectivity index (χ0n) is 15.0. The van der Waals surface area contributed by atoms with Gasteiger partial charge in [-0.05, 0) is 25.1 Å². The smallest absolute Gasteiger partial charge is 0.104 e. The molecule has 0 saturated carbocycles. The Labute approximate surface area is 175 Å². The molecule has 1 aliphatic rings. The minimum atomic E-state index is -0.320. The van der Waals surface area contributed by atoms with Gasteiger partial charge in [0.1, 0.15) is 6.10 Å². The lowest BCUT2D eigenvalue weighted by molar-refractivity contribution is 0.0519. The summed E-state index contributed by atoms with van der Waals surface area (Å²) in [5.41, 5.74) is 1.86. The van der Waals surface area contributed by atoms with E-state index < -0.39 is 0 Å². The number of ether oxygens (including phenoxy) is 1. The van der Waals surface area contributed by atoms with E-state index in [0.29, 0.717) is 34.8 Å². The molecular formula is C21H21Cl3N2O. The van der Waals surface area contributed by atoms with Crippen molar-refractivity contribution in [3.8, 4) is 11.8 Å². The Hall–Kier alpha value is -1.70. The molecular weight excluding hydrogens is 403 g/mol. The first kappa shape index (κ1) is 21.6. The third-order valence-electron chi connectivity index (χ3n) is 3.61. The zero-order chi connectivity index (χ0) is 19.6.